The Hall–Kier alpha value is -1.25. The van der Waals surface area contributed by atoms with Gasteiger partial charge in [-0.2, -0.15) is 5.10 Å². The third-order valence-electron chi connectivity index (χ3n) is 1.79. The first-order chi connectivity index (χ1) is 5.29. The summed E-state index contributed by atoms with van der Waals surface area (Å²) in [6, 6.07) is 5.81. The number of nitrogens with zero attached hydrogens (tertiary/aromatic N) is 2. The second-order valence-corrected chi connectivity index (χ2v) is 2.55. The molecule has 2 nitrogen and oxygen atoms in total. The van der Waals surface area contributed by atoms with Gasteiger partial charge in [0.1, 0.15) is 7.85 Å². The standard InChI is InChI=1S/C8H7BN2/c1-11-8-6(5-10-11)3-2-4-7(8)9/h2-5H,1H3. The number of aromatic nitrogens is 2. The number of aryl methyl sites for hydroxylation is 1. The Morgan fingerprint density at radius 1 is 1.45 bits per heavy atom. The van der Waals surface area contributed by atoms with E-state index in [9.17, 15) is 0 Å². The molecule has 0 amide bonds. The zero-order chi connectivity index (χ0) is 7.84. The van der Waals surface area contributed by atoms with E-state index >= 15 is 0 Å². The molecule has 52 valence electrons. The Balaban J connectivity index is 2.96. The normalized spacial score (nSPS) is 10.6. The van der Waals surface area contributed by atoms with Crippen LogP contribution < -0.4 is 5.46 Å². The van der Waals surface area contributed by atoms with E-state index in [1.54, 1.807) is 4.68 Å². The van der Waals surface area contributed by atoms with E-state index in [0.29, 0.717) is 0 Å². The first kappa shape index (κ1) is 6.46. The van der Waals surface area contributed by atoms with Gasteiger partial charge in [0.05, 0.1) is 11.7 Å². The highest BCUT2D eigenvalue weighted by Crippen LogP contribution is 2.07. The zero-order valence-corrected chi connectivity index (χ0v) is 6.28. The van der Waals surface area contributed by atoms with E-state index in [2.05, 4.69) is 5.10 Å². The third kappa shape index (κ3) is 0.844. The fraction of sp³-hybridized carbons (Fsp3) is 0.125. The van der Waals surface area contributed by atoms with Crippen molar-refractivity contribution in [3.63, 3.8) is 0 Å². The predicted octanol–water partition coefficient (Wildman–Crippen LogP) is 0.367. The van der Waals surface area contributed by atoms with E-state index in [-0.39, 0.29) is 0 Å². The molecule has 1 aromatic carbocycles. The van der Waals surface area contributed by atoms with Gasteiger partial charge < -0.3 is 0 Å². The smallest absolute Gasteiger partial charge is 0.116 e. The van der Waals surface area contributed by atoms with Crippen molar-refractivity contribution < 1.29 is 0 Å². The lowest BCUT2D eigenvalue weighted by Gasteiger charge is -1.97. The maximum absolute atomic E-state index is 5.74. The molecule has 2 radical (unpaired) electrons. The Morgan fingerprint density at radius 3 is 3.00 bits per heavy atom. The van der Waals surface area contributed by atoms with Gasteiger partial charge in [-0.25, -0.2) is 0 Å². The van der Waals surface area contributed by atoms with Crippen LogP contribution in [0.2, 0.25) is 0 Å². The molecule has 0 spiro atoms. The number of hydrogen-bond donors (Lipinski definition) is 0. The molecule has 0 fully saturated rings. The van der Waals surface area contributed by atoms with Crippen molar-refractivity contribution in [3.05, 3.63) is 24.4 Å². The lowest BCUT2D eigenvalue weighted by atomic mass is 9.94. The Labute approximate surface area is 66.2 Å². The predicted molar refractivity (Wildman–Crippen MR) is 46.1 cm³/mol. The van der Waals surface area contributed by atoms with Crippen LogP contribution in [0, 0.1) is 0 Å². The van der Waals surface area contributed by atoms with Crippen molar-refractivity contribution in [1.82, 2.24) is 9.78 Å². The molecule has 0 aliphatic heterocycles. The summed E-state index contributed by atoms with van der Waals surface area (Å²) in [7, 11) is 7.63. The quantitative estimate of drug-likeness (QED) is 0.485. The van der Waals surface area contributed by atoms with Crippen LogP contribution in [0.1, 0.15) is 0 Å². The number of rotatable bonds is 0. The maximum atomic E-state index is 5.74. The van der Waals surface area contributed by atoms with Gasteiger partial charge in [-0.15, -0.1) is 0 Å². The van der Waals surface area contributed by atoms with Crippen molar-refractivity contribution in [2.45, 2.75) is 0 Å². The molecule has 1 heterocycles. The lowest BCUT2D eigenvalue weighted by molar-refractivity contribution is 0.798. The third-order valence-corrected chi connectivity index (χ3v) is 1.79. The SMILES string of the molecule is [B]c1cccc2cnn(C)c12. The number of para-hydroxylation sites is 1. The number of fused-ring (bicyclic) bond motifs is 1. The molecular weight excluding hydrogens is 135 g/mol. The van der Waals surface area contributed by atoms with Gasteiger partial charge in [0.25, 0.3) is 0 Å². The molecule has 0 aliphatic rings. The minimum absolute atomic E-state index is 0.780. The van der Waals surface area contributed by atoms with Gasteiger partial charge in [0, 0.05) is 12.4 Å². The fourth-order valence-corrected chi connectivity index (χ4v) is 1.26. The molecule has 11 heavy (non-hydrogen) atoms. The summed E-state index contributed by atoms with van der Waals surface area (Å²) in [6.45, 7) is 0. The topological polar surface area (TPSA) is 17.8 Å². The van der Waals surface area contributed by atoms with Crippen LogP contribution in [0.15, 0.2) is 24.4 Å². The number of hydrogen-bond acceptors (Lipinski definition) is 1. The summed E-state index contributed by atoms with van der Waals surface area (Å²) in [5, 5.41) is 5.18. The largest absolute Gasteiger partial charge is 0.269 e. The van der Waals surface area contributed by atoms with Gasteiger partial charge in [-0.1, -0.05) is 23.7 Å². The van der Waals surface area contributed by atoms with Crippen LogP contribution in [-0.2, 0) is 7.05 Å². The maximum Gasteiger partial charge on any atom is 0.116 e. The molecule has 0 atom stereocenters. The molecule has 1 aromatic heterocycles. The average molecular weight is 142 g/mol. The highest BCUT2D eigenvalue weighted by molar-refractivity contribution is 6.38. The van der Waals surface area contributed by atoms with Crippen LogP contribution in [0.3, 0.4) is 0 Å². The summed E-state index contributed by atoms with van der Waals surface area (Å²) in [6.07, 6.45) is 1.81. The molecule has 0 N–H and O–H groups in total. The van der Waals surface area contributed by atoms with E-state index in [0.717, 1.165) is 16.4 Å². The van der Waals surface area contributed by atoms with Crippen LogP contribution in [-0.4, -0.2) is 17.6 Å². The van der Waals surface area contributed by atoms with Gasteiger partial charge in [0.15, 0.2) is 0 Å². The molecule has 0 saturated carbocycles. The molecule has 0 unspecified atom stereocenters. The summed E-state index contributed by atoms with van der Waals surface area (Å²) < 4.78 is 1.78. The van der Waals surface area contributed by atoms with E-state index < -0.39 is 0 Å². The van der Waals surface area contributed by atoms with E-state index in [4.69, 9.17) is 7.85 Å². The highest BCUT2D eigenvalue weighted by Gasteiger charge is 1.99. The molecule has 3 heteroatoms. The van der Waals surface area contributed by atoms with Crippen LogP contribution in [0.25, 0.3) is 10.9 Å². The fourth-order valence-electron chi connectivity index (χ4n) is 1.26. The van der Waals surface area contributed by atoms with Gasteiger partial charge in [0.2, 0.25) is 0 Å². The Bertz CT molecular complexity index is 392. The lowest BCUT2D eigenvalue weighted by Crippen LogP contribution is -2.06. The minimum Gasteiger partial charge on any atom is -0.269 e. The molecule has 2 rings (SSSR count). The average Bonchev–Trinajstić information content (AvgIpc) is 2.34. The summed E-state index contributed by atoms with van der Waals surface area (Å²) >= 11 is 0. The Kier molecular flexibility index (Phi) is 1.25. The summed E-state index contributed by atoms with van der Waals surface area (Å²) in [4.78, 5) is 0. The molecule has 0 aliphatic carbocycles. The molecule has 2 aromatic rings. The molecule has 0 bridgehead atoms. The second kappa shape index (κ2) is 2.12. The van der Waals surface area contributed by atoms with Crippen LogP contribution in [0.5, 0.6) is 0 Å². The second-order valence-electron chi connectivity index (χ2n) is 2.55. The number of benzene rings is 1. The van der Waals surface area contributed by atoms with Gasteiger partial charge in [-0.3, -0.25) is 4.68 Å². The minimum atomic E-state index is 0.780. The molecule has 0 saturated heterocycles. The zero-order valence-electron chi connectivity index (χ0n) is 6.28. The van der Waals surface area contributed by atoms with Crippen molar-refractivity contribution in [2.24, 2.45) is 7.05 Å². The van der Waals surface area contributed by atoms with Gasteiger partial charge >= 0.3 is 0 Å². The van der Waals surface area contributed by atoms with Crippen LogP contribution >= 0.6 is 0 Å². The first-order valence-corrected chi connectivity index (χ1v) is 3.45. The van der Waals surface area contributed by atoms with Gasteiger partial charge in [-0.05, 0) is 0 Å². The van der Waals surface area contributed by atoms with Crippen molar-refractivity contribution >= 4 is 24.2 Å². The monoisotopic (exact) mass is 142 g/mol. The Morgan fingerprint density at radius 2 is 2.27 bits per heavy atom. The van der Waals surface area contributed by atoms with Crippen molar-refractivity contribution in [1.29, 1.82) is 0 Å². The summed E-state index contributed by atoms with van der Waals surface area (Å²) in [5.41, 5.74) is 1.79. The molecular formula is C8H7BN2. The van der Waals surface area contributed by atoms with E-state index in [1.807, 2.05) is 31.4 Å². The van der Waals surface area contributed by atoms with Crippen molar-refractivity contribution in [3.8, 4) is 0 Å². The summed E-state index contributed by atoms with van der Waals surface area (Å²) in [5.74, 6) is 0. The van der Waals surface area contributed by atoms with Crippen molar-refractivity contribution in [2.75, 3.05) is 0 Å². The van der Waals surface area contributed by atoms with Crippen LogP contribution in [0.4, 0.5) is 0 Å². The first-order valence-electron chi connectivity index (χ1n) is 3.45. The van der Waals surface area contributed by atoms with E-state index in [1.165, 1.54) is 0 Å². The highest BCUT2D eigenvalue weighted by atomic mass is 15.2.